The molecule has 2 heterocycles. The Morgan fingerprint density at radius 1 is 1.33 bits per heavy atom. The lowest BCUT2D eigenvalue weighted by Crippen LogP contribution is -2.32. The Morgan fingerprint density at radius 3 is 3.00 bits per heavy atom. The van der Waals surface area contributed by atoms with Gasteiger partial charge in [0.15, 0.2) is 0 Å². The molecule has 1 fully saturated rings. The van der Waals surface area contributed by atoms with Gasteiger partial charge in [-0.05, 0) is 37.7 Å². The fourth-order valence-electron chi connectivity index (χ4n) is 2.85. The van der Waals surface area contributed by atoms with Crippen LogP contribution >= 0.6 is 11.8 Å². The summed E-state index contributed by atoms with van der Waals surface area (Å²) < 4.78 is 5.80. The van der Waals surface area contributed by atoms with Crippen LogP contribution in [0.3, 0.4) is 0 Å². The molecule has 0 spiro atoms. The van der Waals surface area contributed by atoms with E-state index in [0.29, 0.717) is 4.75 Å². The van der Waals surface area contributed by atoms with Crippen molar-refractivity contribution in [1.82, 2.24) is 10.3 Å². The Balaban J connectivity index is 1.69. The van der Waals surface area contributed by atoms with E-state index in [1.165, 1.54) is 18.6 Å². The summed E-state index contributed by atoms with van der Waals surface area (Å²) in [7, 11) is 1.69. The lowest BCUT2D eigenvalue weighted by molar-refractivity contribution is 0.418. The summed E-state index contributed by atoms with van der Waals surface area (Å²) in [4.78, 5) is 4.74. The van der Waals surface area contributed by atoms with E-state index in [-0.39, 0.29) is 0 Å². The third-order valence-electron chi connectivity index (χ3n) is 4.07. The third kappa shape index (κ3) is 3.33. The summed E-state index contributed by atoms with van der Waals surface area (Å²) in [5, 5.41) is 4.68. The van der Waals surface area contributed by atoms with E-state index in [1.807, 2.05) is 12.1 Å². The van der Waals surface area contributed by atoms with E-state index >= 15 is 0 Å². The van der Waals surface area contributed by atoms with Crippen molar-refractivity contribution in [1.29, 1.82) is 0 Å². The van der Waals surface area contributed by atoms with E-state index in [2.05, 4.69) is 42.2 Å². The van der Waals surface area contributed by atoms with Crippen molar-refractivity contribution < 1.29 is 4.74 Å². The molecule has 1 atom stereocenters. The van der Waals surface area contributed by atoms with E-state index < -0.39 is 0 Å². The Labute approximate surface area is 130 Å². The molecule has 2 aromatic rings. The summed E-state index contributed by atoms with van der Waals surface area (Å²) in [6.07, 6.45) is 2.65. The first kappa shape index (κ1) is 14.7. The molecule has 1 aromatic heterocycles. The van der Waals surface area contributed by atoms with Crippen molar-refractivity contribution in [2.45, 2.75) is 31.1 Å². The molecule has 0 bridgehead atoms. The molecule has 0 radical (unpaired) electrons. The maximum Gasteiger partial charge on any atom is 0.145 e. The van der Waals surface area contributed by atoms with Gasteiger partial charge in [0.2, 0.25) is 0 Å². The van der Waals surface area contributed by atoms with Crippen LogP contribution in [0.1, 0.15) is 25.5 Å². The predicted molar refractivity (Wildman–Crippen MR) is 90.1 cm³/mol. The number of benzene rings is 1. The molecule has 1 N–H and O–H groups in total. The van der Waals surface area contributed by atoms with Crippen LogP contribution in [-0.4, -0.2) is 29.1 Å². The minimum Gasteiger partial charge on any atom is -0.494 e. The Kier molecular flexibility index (Phi) is 4.36. The fraction of sp³-hybridized carbons (Fsp3) is 0.471. The maximum atomic E-state index is 5.40. The first-order valence-corrected chi connectivity index (χ1v) is 8.46. The van der Waals surface area contributed by atoms with Gasteiger partial charge in [-0.3, -0.25) is 0 Å². The van der Waals surface area contributed by atoms with Crippen molar-refractivity contribution in [2.24, 2.45) is 0 Å². The summed E-state index contributed by atoms with van der Waals surface area (Å²) in [5.74, 6) is 2.14. The number of nitrogens with one attached hydrogen (secondary N) is 1. The summed E-state index contributed by atoms with van der Waals surface area (Å²) in [6.45, 7) is 4.21. The molecule has 0 amide bonds. The van der Waals surface area contributed by atoms with Gasteiger partial charge in [0, 0.05) is 23.2 Å². The molecule has 1 aliphatic heterocycles. The highest BCUT2D eigenvalue weighted by atomic mass is 32.2. The van der Waals surface area contributed by atoms with Crippen molar-refractivity contribution in [3.63, 3.8) is 0 Å². The highest BCUT2D eigenvalue weighted by Gasteiger charge is 2.28. The zero-order valence-electron chi connectivity index (χ0n) is 12.7. The number of fused-ring (bicyclic) bond motifs is 1. The molecular weight excluding hydrogens is 280 g/mol. The number of ether oxygens (including phenoxy) is 1. The number of hydrogen-bond donors (Lipinski definition) is 1. The number of rotatable bonds is 5. The van der Waals surface area contributed by atoms with Gasteiger partial charge in [-0.1, -0.05) is 18.2 Å². The van der Waals surface area contributed by atoms with E-state index in [0.717, 1.165) is 35.4 Å². The normalized spacial score (nSPS) is 21.8. The Hall–Kier alpha value is -1.26. The topological polar surface area (TPSA) is 34.1 Å². The maximum absolute atomic E-state index is 5.40. The molecule has 1 aromatic carbocycles. The molecule has 1 aliphatic rings. The minimum atomic E-state index is 0.397. The van der Waals surface area contributed by atoms with Crippen LogP contribution in [0.2, 0.25) is 0 Å². The van der Waals surface area contributed by atoms with Gasteiger partial charge in [0.05, 0.1) is 12.8 Å². The highest BCUT2D eigenvalue weighted by molar-refractivity contribution is 8.00. The molecular formula is C17H22N2OS. The van der Waals surface area contributed by atoms with E-state index in [4.69, 9.17) is 9.72 Å². The van der Waals surface area contributed by atoms with Gasteiger partial charge in [-0.15, -0.1) is 0 Å². The largest absolute Gasteiger partial charge is 0.494 e. The molecule has 4 heteroatoms. The van der Waals surface area contributed by atoms with Crippen LogP contribution in [0.5, 0.6) is 5.75 Å². The van der Waals surface area contributed by atoms with Gasteiger partial charge in [-0.25, -0.2) is 4.98 Å². The van der Waals surface area contributed by atoms with Gasteiger partial charge in [0.1, 0.15) is 11.3 Å². The standard InChI is InChI=1S/C17H22N2OS/c1-17(9-4-10-21-17)12-18-11-14-8-7-13-5-3-6-15(20-2)16(13)19-14/h3,5-8,18H,4,9-12H2,1-2H3. The summed E-state index contributed by atoms with van der Waals surface area (Å²) >= 11 is 2.09. The van der Waals surface area contributed by atoms with E-state index in [9.17, 15) is 0 Å². The lowest BCUT2D eigenvalue weighted by atomic mass is 10.1. The van der Waals surface area contributed by atoms with Crippen molar-refractivity contribution in [3.8, 4) is 5.75 Å². The second kappa shape index (κ2) is 6.24. The number of para-hydroxylation sites is 1. The first-order chi connectivity index (χ1) is 10.2. The van der Waals surface area contributed by atoms with Gasteiger partial charge < -0.3 is 10.1 Å². The average molecular weight is 302 g/mol. The van der Waals surface area contributed by atoms with Crippen molar-refractivity contribution in [3.05, 3.63) is 36.0 Å². The number of aromatic nitrogens is 1. The quantitative estimate of drug-likeness (QED) is 0.915. The SMILES string of the molecule is COc1cccc2ccc(CNCC3(C)CCCS3)nc12. The number of pyridine rings is 1. The van der Waals surface area contributed by atoms with Gasteiger partial charge in [-0.2, -0.15) is 11.8 Å². The minimum absolute atomic E-state index is 0.397. The lowest BCUT2D eigenvalue weighted by Gasteiger charge is -2.22. The molecule has 1 saturated heterocycles. The fourth-order valence-corrected chi connectivity index (χ4v) is 4.13. The summed E-state index contributed by atoms with van der Waals surface area (Å²) in [6, 6.07) is 10.2. The molecule has 3 nitrogen and oxygen atoms in total. The summed E-state index contributed by atoms with van der Waals surface area (Å²) in [5.41, 5.74) is 2.01. The Bertz CT molecular complexity index is 623. The van der Waals surface area contributed by atoms with Crippen LogP contribution in [0.4, 0.5) is 0 Å². The number of methoxy groups -OCH3 is 1. The molecule has 3 rings (SSSR count). The van der Waals surface area contributed by atoms with E-state index in [1.54, 1.807) is 7.11 Å². The second-order valence-corrected chi connectivity index (χ2v) is 7.52. The number of hydrogen-bond acceptors (Lipinski definition) is 4. The van der Waals surface area contributed by atoms with Crippen LogP contribution in [0.25, 0.3) is 10.9 Å². The highest BCUT2D eigenvalue weighted by Crippen LogP contribution is 2.37. The average Bonchev–Trinajstić information content (AvgIpc) is 2.93. The Morgan fingerprint density at radius 2 is 2.24 bits per heavy atom. The van der Waals surface area contributed by atoms with Crippen LogP contribution in [-0.2, 0) is 6.54 Å². The molecule has 0 aliphatic carbocycles. The zero-order valence-corrected chi connectivity index (χ0v) is 13.5. The van der Waals surface area contributed by atoms with Crippen molar-refractivity contribution in [2.75, 3.05) is 19.4 Å². The first-order valence-electron chi connectivity index (χ1n) is 7.47. The smallest absolute Gasteiger partial charge is 0.145 e. The van der Waals surface area contributed by atoms with Gasteiger partial charge >= 0.3 is 0 Å². The monoisotopic (exact) mass is 302 g/mol. The second-order valence-electron chi connectivity index (χ2n) is 5.84. The zero-order chi connectivity index (χ0) is 14.7. The van der Waals surface area contributed by atoms with Crippen molar-refractivity contribution >= 4 is 22.7 Å². The third-order valence-corrected chi connectivity index (χ3v) is 5.60. The molecule has 0 saturated carbocycles. The van der Waals surface area contributed by atoms with Crippen LogP contribution in [0.15, 0.2) is 30.3 Å². The van der Waals surface area contributed by atoms with Crippen LogP contribution < -0.4 is 10.1 Å². The number of nitrogens with zero attached hydrogens (tertiary/aromatic N) is 1. The molecule has 21 heavy (non-hydrogen) atoms. The van der Waals surface area contributed by atoms with Crippen LogP contribution in [0, 0.1) is 0 Å². The predicted octanol–water partition coefficient (Wildman–Crippen LogP) is 3.62. The van der Waals surface area contributed by atoms with Gasteiger partial charge in [0.25, 0.3) is 0 Å². The number of thioether (sulfide) groups is 1. The molecule has 1 unspecified atom stereocenters. The molecule has 112 valence electrons.